The van der Waals surface area contributed by atoms with Crippen molar-refractivity contribution in [3.8, 4) is 17.2 Å². The van der Waals surface area contributed by atoms with Crippen LogP contribution >= 0.6 is 0 Å². The summed E-state index contributed by atoms with van der Waals surface area (Å²) in [4.78, 5) is 0. The maximum absolute atomic E-state index is 10.8. The van der Waals surface area contributed by atoms with E-state index in [-0.39, 0.29) is 24.6 Å². The summed E-state index contributed by atoms with van der Waals surface area (Å²) < 4.78 is 5.49. The van der Waals surface area contributed by atoms with Crippen LogP contribution in [0.2, 0.25) is 0 Å². The van der Waals surface area contributed by atoms with Crippen molar-refractivity contribution in [1.82, 2.24) is 0 Å². The van der Waals surface area contributed by atoms with Gasteiger partial charge in [-0.2, -0.15) is 0 Å². The Labute approximate surface area is 101 Å². The molecule has 2 nitrogen and oxygen atoms in total. The zero-order valence-electron chi connectivity index (χ0n) is 8.51. The Morgan fingerprint density at radius 3 is 1.87 bits per heavy atom. The van der Waals surface area contributed by atoms with E-state index in [0.29, 0.717) is 5.75 Å². The van der Waals surface area contributed by atoms with Crippen LogP contribution in [0.1, 0.15) is 0 Å². The third kappa shape index (κ3) is 3.36. The molecule has 0 atom stereocenters. The van der Waals surface area contributed by atoms with Gasteiger partial charge in [0.1, 0.15) is 11.5 Å². The Bertz CT molecular complexity index is 398. The van der Waals surface area contributed by atoms with Crippen LogP contribution < -0.4 is 28.7 Å². The van der Waals surface area contributed by atoms with Crippen LogP contribution in [0.15, 0.2) is 54.6 Å². The quantitative estimate of drug-likeness (QED) is 0.604. The zero-order valence-corrected chi connectivity index (χ0v) is 8.51. The maximum Gasteiger partial charge on any atom is 1.00 e. The SMILES string of the molecule is [Li+].[O-]c1ccc(Oc2ccccc2)cc1. The third-order valence-electron chi connectivity index (χ3n) is 1.80. The van der Waals surface area contributed by atoms with Crippen molar-refractivity contribution >= 4 is 0 Å². The van der Waals surface area contributed by atoms with Gasteiger partial charge < -0.3 is 9.84 Å². The molecule has 0 radical (unpaired) electrons. The molecule has 0 bridgehead atoms. The van der Waals surface area contributed by atoms with Gasteiger partial charge in [-0.25, -0.2) is 0 Å². The molecule has 0 heterocycles. The standard InChI is InChI=1S/C12H10O2.Li/c13-10-6-8-12(9-7-10)14-11-4-2-1-3-5-11;/h1-9,13H;/q;+1/p-1. The summed E-state index contributed by atoms with van der Waals surface area (Å²) in [7, 11) is 0. The molecule has 0 aliphatic carbocycles. The number of rotatable bonds is 2. The molecule has 15 heavy (non-hydrogen) atoms. The number of hydrogen-bond donors (Lipinski definition) is 0. The molecular weight excluding hydrogens is 183 g/mol. The Morgan fingerprint density at radius 1 is 0.733 bits per heavy atom. The minimum absolute atomic E-state index is 0. The Kier molecular flexibility index (Phi) is 4.30. The van der Waals surface area contributed by atoms with Crippen LogP contribution in [0.3, 0.4) is 0 Å². The monoisotopic (exact) mass is 192 g/mol. The normalized spacial score (nSPS) is 9.07. The first-order valence-corrected chi connectivity index (χ1v) is 4.34. The van der Waals surface area contributed by atoms with Crippen molar-refractivity contribution in [3.05, 3.63) is 54.6 Å². The fraction of sp³-hybridized carbons (Fsp3) is 0. The van der Waals surface area contributed by atoms with Crippen LogP contribution in [-0.2, 0) is 0 Å². The molecule has 3 heteroatoms. The molecule has 0 saturated heterocycles. The van der Waals surface area contributed by atoms with Gasteiger partial charge in [0.25, 0.3) is 0 Å². The predicted molar refractivity (Wildman–Crippen MR) is 52.4 cm³/mol. The van der Waals surface area contributed by atoms with Crippen molar-refractivity contribution in [2.45, 2.75) is 0 Å². The first-order valence-electron chi connectivity index (χ1n) is 4.34. The molecule has 2 aromatic carbocycles. The van der Waals surface area contributed by atoms with Crippen LogP contribution in [0, 0.1) is 0 Å². The Hall–Kier alpha value is -1.36. The number of para-hydroxylation sites is 1. The molecule has 0 aromatic heterocycles. The van der Waals surface area contributed by atoms with Crippen molar-refractivity contribution < 1.29 is 28.7 Å². The second-order valence-electron chi connectivity index (χ2n) is 2.89. The van der Waals surface area contributed by atoms with Gasteiger partial charge in [0.05, 0.1) is 0 Å². The first-order chi connectivity index (χ1) is 6.84. The molecule has 0 spiro atoms. The summed E-state index contributed by atoms with van der Waals surface area (Å²) in [5, 5.41) is 10.8. The topological polar surface area (TPSA) is 32.3 Å². The summed E-state index contributed by atoms with van der Waals surface area (Å²) in [5.74, 6) is 1.44. The van der Waals surface area contributed by atoms with Crippen LogP contribution in [0.25, 0.3) is 0 Å². The summed E-state index contributed by atoms with van der Waals surface area (Å²) in [6, 6.07) is 15.7. The fourth-order valence-electron chi connectivity index (χ4n) is 1.13. The number of ether oxygens (including phenoxy) is 1. The van der Waals surface area contributed by atoms with Crippen molar-refractivity contribution in [2.75, 3.05) is 0 Å². The van der Waals surface area contributed by atoms with Crippen molar-refractivity contribution in [1.29, 1.82) is 0 Å². The minimum atomic E-state index is -0.00888. The van der Waals surface area contributed by atoms with Crippen molar-refractivity contribution in [2.24, 2.45) is 0 Å². The average molecular weight is 192 g/mol. The van der Waals surface area contributed by atoms with Gasteiger partial charge in [0.15, 0.2) is 0 Å². The molecule has 0 aliphatic heterocycles. The predicted octanol–water partition coefficient (Wildman–Crippen LogP) is -0.444. The molecule has 0 unspecified atom stereocenters. The van der Waals surface area contributed by atoms with E-state index in [4.69, 9.17) is 4.74 Å². The van der Waals surface area contributed by atoms with E-state index in [1.54, 1.807) is 12.1 Å². The van der Waals surface area contributed by atoms with Gasteiger partial charge in [-0.3, -0.25) is 0 Å². The number of benzene rings is 2. The second kappa shape index (κ2) is 5.50. The van der Waals surface area contributed by atoms with Gasteiger partial charge in [0, 0.05) is 0 Å². The van der Waals surface area contributed by atoms with Gasteiger partial charge in [-0.05, 0) is 24.3 Å². The van der Waals surface area contributed by atoms with Crippen LogP contribution in [0.5, 0.6) is 17.2 Å². The van der Waals surface area contributed by atoms with Crippen LogP contribution in [-0.4, -0.2) is 0 Å². The van der Waals surface area contributed by atoms with E-state index in [2.05, 4.69) is 0 Å². The van der Waals surface area contributed by atoms with E-state index in [9.17, 15) is 5.11 Å². The molecular formula is C12H9LiO2. The summed E-state index contributed by atoms with van der Waals surface area (Å²) >= 11 is 0. The van der Waals surface area contributed by atoms with E-state index >= 15 is 0 Å². The average Bonchev–Trinajstić information content (AvgIpc) is 2.23. The molecule has 2 aromatic rings. The summed E-state index contributed by atoms with van der Waals surface area (Å²) in [5.41, 5.74) is 0. The van der Waals surface area contributed by atoms with E-state index < -0.39 is 0 Å². The zero-order chi connectivity index (χ0) is 9.80. The molecule has 70 valence electrons. The van der Waals surface area contributed by atoms with Gasteiger partial charge in [0.2, 0.25) is 0 Å². The molecule has 0 aliphatic rings. The van der Waals surface area contributed by atoms with E-state index in [1.165, 1.54) is 12.1 Å². The van der Waals surface area contributed by atoms with Crippen molar-refractivity contribution in [3.63, 3.8) is 0 Å². The molecule has 0 N–H and O–H groups in total. The van der Waals surface area contributed by atoms with Gasteiger partial charge in [-0.15, -0.1) is 5.75 Å². The summed E-state index contributed by atoms with van der Waals surface area (Å²) in [6.45, 7) is 0. The van der Waals surface area contributed by atoms with Crippen LogP contribution in [0.4, 0.5) is 0 Å². The Morgan fingerprint density at radius 2 is 1.27 bits per heavy atom. The second-order valence-corrected chi connectivity index (χ2v) is 2.89. The molecule has 0 fully saturated rings. The maximum atomic E-state index is 10.8. The largest absolute Gasteiger partial charge is 1.00 e. The van der Waals surface area contributed by atoms with Gasteiger partial charge in [-0.1, -0.05) is 30.3 Å². The van der Waals surface area contributed by atoms with E-state index in [1.807, 2.05) is 30.3 Å². The first kappa shape index (κ1) is 11.7. The molecule has 0 amide bonds. The summed E-state index contributed by atoms with van der Waals surface area (Å²) in [6.07, 6.45) is 0. The third-order valence-corrected chi connectivity index (χ3v) is 1.80. The molecule has 2 rings (SSSR count). The number of hydrogen-bond acceptors (Lipinski definition) is 2. The van der Waals surface area contributed by atoms with Gasteiger partial charge >= 0.3 is 18.9 Å². The Balaban J connectivity index is 0.00000112. The fourth-order valence-corrected chi connectivity index (χ4v) is 1.13. The smallest absolute Gasteiger partial charge is 0.872 e. The minimum Gasteiger partial charge on any atom is -0.872 e. The molecule has 0 saturated carbocycles. The van der Waals surface area contributed by atoms with E-state index in [0.717, 1.165) is 5.75 Å².